The van der Waals surface area contributed by atoms with Crippen LogP contribution in [0.2, 0.25) is 0 Å². The van der Waals surface area contributed by atoms with E-state index in [1.165, 1.54) is 17.9 Å². The molecule has 0 bridgehead atoms. The summed E-state index contributed by atoms with van der Waals surface area (Å²) in [5.41, 5.74) is 5.61. The van der Waals surface area contributed by atoms with Crippen molar-refractivity contribution in [2.45, 2.75) is 25.9 Å². The number of nitrogens with two attached hydrogens (primary N) is 1. The zero-order valence-corrected chi connectivity index (χ0v) is 10.9. The number of aryl methyl sites for hydroxylation is 1. The number of anilines is 1. The van der Waals surface area contributed by atoms with Gasteiger partial charge in [0.25, 0.3) is 5.91 Å². The number of hydrogen-bond donors (Lipinski definition) is 1. The van der Waals surface area contributed by atoms with Crippen molar-refractivity contribution < 1.29 is 18.0 Å². The van der Waals surface area contributed by atoms with E-state index in [-0.39, 0.29) is 17.9 Å². The fourth-order valence-corrected chi connectivity index (χ4v) is 1.60. The molecule has 0 saturated carbocycles. The van der Waals surface area contributed by atoms with Gasteiger partial charge in [-0.25, -0.2) is 0 Å². The zero-order chi connectivity index (χ0) is 14.6. The minimum absolute atomic E-state index is 0.00264. The van der Waals surface area contributed by atoms with E-state index < -0.39 is 18.6 Å². The lowest BCUT2D eigenvalue weighted by atomic mass is 10.2. The standard InChI is InChI=1S/C11H17F3N4O/c1-3-4-5-18(7-11(12,13)14)10(19)8-6-16-17(2)9(8)15/h6H,3-5,7,15H2,1-2H3. The second-order valence-corrected chi connectivity index (χ2v) is 4.26. The molecule has 5 nitrogen and oxygen atoms in total. The summed E-state index contributed by atoms with van der Waals surface area (Å²) in [4.78, 5) is 12.8. The van der Waals surface area contributed by atoms with Crippen LogP contribution in [-0.4, -0.2) is 39.9 Å². The Morgan fingerprint density at radius 3 is 2.58 bits per heavy atom. The molecule has 0 unspecified atom stereocenters. The highest BCUT2D eigenvalue weighted by Crippen LogP contribution is 2.20. The van der Waals surface area contributed by atoms with E-state index in [4.69, 9.17) is 5.73 Å². The molecule has 0 spiro atoms. The van der Waals surface area contributed by atoms with Crippen LogP contribution in [0.3, 0.4) is 0 Å². The predicted molar refractivity (Wildman–Crippen MR) is 64.5 cm³/mol. The first-order valence-electron chi connectivity index (χ1n) is 5.89. The van der Waals surface area contributed by atoms with Crippen molar-refractivity contribution in [1.82, 2.24) is 14.7 Å². The summed E-state index contributed by atoms with van der Waals surface area (Å²) in [5.74, 6) is -0.676. The van der Waals surface area contributed by atoms with Crippen molar-refractivity contribution in [3.05, 3.63) is 11.8 Å². The number of amides is 1. The van der Waals surface area contributed by atoms with E-state index in [2.05, 4.69) is 5.10 Å². The van der Waals surface area contributed by atoms with Crippen molar-refractivity contribution in [3.8, 4) is 0 Å². The van der Waals surface area contributed by atoms with Crippen molar-refractivity contribution in [2.75, 3.05) is 18.8 Å². The fraction of sp³-hybridized carbons (Fsp3) is 0.636. The Bertz CT molecular complexity index is 442. The molecule has 108 valence electrons. The van der Waals surface area contributed by atoms with E-state index in [9.17, 15) is 18.0 Å². The van der Waals surface area contributed by atoms with Gasteiger partial charge in [0.1, 0.15) is 17.9 Å². The zero-order valence-electron chi connectivity index (χ0n) is 10.9. The fourth-order valence-electron chi connectivity index (χ4n) is 1.60. The van der Waals surface area contributed by atoms with E-state index in [0.717, 1.165) is 4.90 Å². The highest BCUT2D eigenvalue weighted by Gasteiger charge is 2.34. The number of carbonyl (C=O) groups excluding carboxylic acids is 1. The summed E-state index contributed by atoms with van der Waals surface area (Å²) in [6.07, 6.45) is -2.04. The first kappa shape index (κ1) is 15.3. The van der Waals surface area contributed by atoms with Gasteiger partial charge >= 0.3 is 6.18 Å². The number of nitrogen functional groups attached to an aromatic ring is 1. The van der Waals surface area contributed by atoms with Crippen LogP contribution in [0.25, 0.3) is 0 Å². The van der Waals surface area contributed by atoms with Crippen molar-refractivity contribution in [3.63, 3.8) is 0 Å². The lowest BCUT2D eigenvalue weighted by Gasteiger charge is -2.23. The van der Waals surface area contributed by atoms with Gasteiger partial charge in [-0.15, -0.1) is 0 Å². The summed E-state index contributed by atoms with van der Waals surface area (Å²) >= 11 is 0. The Balaban J connectivity index is 2.90. The Kier molecular flexibility index (Phi) is 4.79. The minimum Gasteiger partial charge on any atom is -0.383 e. The molecule has 2 N–H and O–H groups in total. The minimum atomic E-state index is -4.43. The number of hydrogen-bond acceptors (Lipinski definition) is 3. The second kappa shape index (κ2) is 5.94. The molecular weight excluding hydrogens is 261 g/mol. The van der Waals surface area contributed by atoms with Gasteiger partial charge < -0.3 is 10.6 Å². The molecule has 0 aliphatic rings. The average molecular weight is 278 g/mol. The second-order valence-electron chi connectivity index (χ2n) is 4.26. The summed E-state index contributed by atoms with van der Waals surface area (Å²) in [6.45, 7) is 0.609. The first-order chi connectivity index (χ1) is 8.76. The third-order valence-corrected chi connectivity index (χ3v) is 2.65. The molecule has 1 rings (SSSR count). The number of nitrogens with zero attached hydrogens (tertiary/aromatic N) is 3. The molecule has 0 aromatic carbocycles. The maximum atomic E-state index is 12.5. The van der Waals surface area contributed by atoms with Crippen LogP contribution in [0, 0.1) is 0 Å². The topological polar surface area (TPSA) is 64.2 Å². The maximum Gasteiger partial charge on any atom is 0.406 e. The monoisotopic (exact) mass is 278 g/mol. The molecule has 1 heterocycles. The lowest BCUT2D eigenvalue weighted by Crippen LogP contribution is -2.39. The van der Waals surface area contributed by atoms with E-state index in [1.807, 2.05) is 6.92 Å². The van der Waals surface area contributed by atoms with Crippen molar-refractivity contribution in [1.29, 1.82) is 0 Å². The number of alkyl halides is 3. The van der Waals surface area contributed by atoms with Gasteiger partial charge in [-0.1, -0.05) is 13.3 Å². The van der Waals surface area contributed by atoms with Crippen molar-refractivity contribution >= 4 is 11.7 Å². The highest BCUT2D eigenvalue weighted by atomic mass is 19.4. The Morgan fingerprint density at radius 2 is 2.16 bits per heavy atom. The third kappa shape index (κ3) is 4.15. The third-order valence-electron chi connectivity index (χ3n) is 2.65. The molecule has 1 aromatic heterocycles. The molecule has 19 heavy (non-hydrogen) atoms. The SMILES string of the molecule is CCCCN(CC(F)(F)F)C(=O)c1cnn(C)c1N. The maximum absolute atomic E-state index is 12.5. The van der Waals surface area contributed by atoms with Gasteiger partial charge in [-0.3, -0.25) is 9.48 Å². The Hall–Kier alpha value is -1.73. The molecule has 0 aliphatic heterocycles. The summed E-state index contributed by atoms with van der Waals surface area (Å²) in [7, 11) is 1.52. The van der Waals surface area contributed by atoms with Crippen LogP contribution < -0.4 is 5.73 Å². The normalized spacial score (nSPS) is 11.6. The van der Waals surface area contributed by atoms with Gasteiger partial charge in [-0.2, -0.15) is 18.3 Å². The van der Waals surface area contributed by atoms with Crippen LogP contribution >= 0.6 is 0 Å². The first-order valence-corrected chi connectivity index (χ1v) is 5.89. The number of carbonyl (C=O) groups is 1. The molecule has 0 aliphatic carbocycles. The van der Waals surface area contributed by atoms with E-state index >= 15 is 0 Å². The summed E-state index contributed by atoms with van der Waals surface area (Å²) < 4.78 is 38.7. The van der Waals surface area contributed by atoms with Crippen molar-refractivity contribution in [2.24, 2.45) is 7.05 Å². The van der Waals surface area contributed by atoms with Gasteiger partial charge in [0, 0.05) is 13.6 Å². The van der Waals surface area contributed by atoms with Crippen LogP contribution in [-0.2, 0) is 7.05 Å². The number of halogens is 3. The van der Waals surface area contributed by atoms with Gasteiger partial charge in [0.05, 0.1) is 6.20 Å². The van der Waals surface area contributed by atoms with Gasteiger partial charge in [0.15, 0.2) is 0 Å². The average Bonchev–Trinajstić information content (AvgIpc) is 2.63. The molecule has 0 radical (unpaired) electrons. The van der Waals surface area contributed by atoms with Crippen LogP contribution in [0.15, 0.2) is 6.20 Å². The summed E-state index contributed by atoms with van der Waals surface area (Å²) in [5, 5.41) is 3.76. The van der Waals surface area contributed by atoms with Crippen LogP contribution in [0.5, 0.6) is 0 Å². The van der Waals surface area contributed by atoms with Gasteiger partial charge in [0.2, 0.25) is 0 Å². The Morgan fingerprint density at radius 1 is 1.53 bits per heavy atom. The van der Waals surface area contributed by atoms with E-state index in [1.54, 1.807) is 0 Å². The quantitative estimate of drug-likeness (QED) is 0.893. The van der Waals surface area contributed by atoms with E-state index in [0.29, 0.717) is 12.8 Å². The highest BCUT2D eigenvalue weighted by molar-refractivity contribution is 5.98. The molecule has 8 heteroatoms. The molecular formula is C11H17F3N4O. The smallest absolute Gasteiger partial charge is 0.383 e. The predicted octanol–water partition coefficient (Wildman–Crippen LogP) is 1.81. The molecule has 0 fully saturated rings. The number of aromatic nitrogens is 2. The Labute approximate surface area is 109 Å². The lowest BCUT2D eigenvalue weighted by molar-refractivity contribution is -0.140. The largest absolute Gasteiger partial charge is 0.406 e. The molecule has 1 amide bonds. The van der Waals surface area contributed by atoms with Crippen LogP contribution in [0.4, 0.5) is 19.0 Å². The summed E-state index contributed by atoms with van der Waals surface area (Å²) in [6, 6.07) is 0. The molecule has 1 aromatic rings. The number of rotatable bonds is 5. The molecule has 0 saturated heterocycles. The molecule has 0 atom stereocenters. The number of unbranched alkanes of at least 4 members (excludes halogenated alkanes) is 1. The van der Waals surface area contributed by atoms with Crippen LogP contribution in [0.1, 0.15) is 30.1 Å². The van der Waals surface area contributed by atoms with Gasteiger partial charge in [-0.05, 0) is 6.42 Å².